The van der Waals surface area contributed by atoms with Crippen LogP contribution in [0.5, 0.6) is 0 Å². The second kappa shape index (κ2) is 37.6. The molecule has 0 saturated carbocycles. The van der Waals surface area contributed by atoms with Gasteiger partial charge in [-0.1, -0.05) is 167 Å². The van der Waals surface area contributed by atoms with E-state index in [1.54, 1.807) is 0 Å². The Morgan fingerprint density at radius 1 is 0.423 bits per heavy atom. The maximum Gasteiger partial charge on any atom is 0.251 e. The zero-order valence-corrected chi connectivity index (χ0v) is 33.4. The van der Waals surface area contributed by atoms with E-state index in [2.05, 4.69) is 10.6 Å². The summed E-state index contributed by atoms with van der Waals surface area (Å²) in [6.45, 7) is 2.47. The van der Waals surface area contributed by atoms with Gasteiger partial charge in [0, 0.05) is 25.9 Å². The Morgan fingerprint density at radius 2 is 0.712 bits per heavy atom. The molecule has 0 unspecified atom stereocenters. The molecule has 0 spiro atoms. The van der Waals surface area contributed by atoms with Gasteiger partial charge in [0.15, 0.2) is 6.10 Å². The Kier molecular flexibility index (Phi) is 36.3. The van der Waals surface area contributed by atoms with E-state index >= 15 is 0 Å². The molecule has 0 aromatic heterocycles. The number of nitrogens with one attached hydrogen (secondary N) is 2. The van der Waals surface area contributed by atoms with E-state index in [0.29, 0.717) is 19.4 Å². The number of unbranched alkanes of at least 4 members (excludes halogenated alkanes) is 28. The minimum absolute atomic E-state index is 0.169. The third-order valence-electron chi connectivity index (χ3n) is 10.2. The summed E-state index contributed by atoms with van der Waals surface area (Å²) in [6, 6.07) is 0. The molecule has 8 N–H and O–H groups in total. The maximum atomic E-state index is 12.1. The number of nitrogens with two attached hydrogens (primary N) is 1. The van der Waals surface area contributed by atoms with Crippen molar-refractivity contribution >= 4 is 17.7 Å². The molecule has 0 rings (SSSR count). The highest BCUT2D eigenvalue weighted by atomic mass is 16.4. The van der Waals surface area contributed by atoms with Crippen molar-refractivity contribution in [2.24, 2.45) is 5.73 Å². The average molecular weight is 742 g/mol. The van der Waals surface area contributed by atoms with Gasteiger partial charge in [-0.05, 0) is 32.6 Å². The highest BCUT2D eigenvalue weighted by Gasteiger charge is 2.32. The molecule has 0 aromatic carbocycles. The highest BCUT2D eigenvalue weighted by molar-refractivity contribution is 5.81. The summed E-state index contributed by atoms with van der Waals surface area (Å²) in [6.07, 6.45) is 31.7. The summed E-state index contributed by atoms with van der Waals surface area (Å²) in [5.74, 6) is -0.731. The molecule has 0 aliphatic carbocycles. The number of aliphatic hydroxyl groups is 4. The van der Waals surface area contributed by atoms with Crippen LogP contribution in [0.4, 0.5) is 0 Å². The Balaban J connectivity index is 3.29. The van der Waals surface area contributed by atoms with Crippen LogP contribution in [-0.2, 0) is 14.4 Å². The second-order valence-electron chi connectivity index (χ2n) is 15.4. The summed E-state index contributed by atoms with van der Waals surface area (Å²) >= 11 is 0. The number of rotatable bonds is 40. The van der Waals surface area contributed by atoms with Crippen LogP contribution in [-0.4, -0.2) is 75.7 Å². The lowest BCUT2D eigenvalue weighted by atomic mass is 10.0. The minimum atomic E-state index is -1.77. The molecule has 0 aliphatic rings. The van der Waals surface area contributed by atoms with Gasteiger partial charge in [-0.3, -0.25) is 14.4 Å². The summed E-state index contributed by atoms with van der Waals surface area (Å²) in [5.41, 5.74) is 5.17. The Morgan fingerprint density at radius 3 is 1.04 bits per heavy atom. The number of hydrogen-bond acceptors (Lipinski definition) is 7. The van der Waals surface area contributed by atoms with E-state index in [1.165, 1.54) is 129 Å². The summed E-state index contributed by atoms with van der Waals surface area (Å²) in [5, 5.41) is 44.0. The van der Waals surface area contributed by atoms with Crippen LogP contribution in [0.15, 0.2) is 0 Å². The monoisotopic (exact) mass is 742 g/mol. The van der Waals surface area contributed by atoms with Gasteiger partial charge >= 0.3 is 0 Å². The average Bonchev–Trinajstić information content (AvgIpc) is 3.12. The van der Waals surface area contributed by atoms with E-state index in [1.807, 2.05) is 0 Å². The van der Waals surface area contributed by atoms with Gasteiger partial charge in [0.05, 0.1) is 6.10 Å². The predicted molar refractivity (Wildman–Crippen MR) is 213 cm³/mol. The number of carbonyl (C=O) groups is 3. The highest BCUT2D eigenvalue weighted by Crippen LogP contribution is 2.16. The van der Waals surface area contributed by atoms with Gasteiger partial charge in [0.25, 0.3) is 5.91 Å². The molecule has 10 nitrogen and oxygen atoms in total. The van der Waals surface area contributed by atoms with E-state index in [9.17, 15) is 34.8 Å². The quantitative estimate of drug-likeness (QED) is 0.0315. The number of aliphatic hydroxyl groups excluding tert-OH is 4. The number of hydrogen-bond donors (Lipinski definition) is 7. The fraction of sp³-hybridized carbons (Fsp3) is 0.929. The van der Waals surface area contributed by atoms with Crippen molar-refractivity contribution in [2.45, 2.75) is 237 Å². The van der Waals surface area contributed by atoms with Crippen LogP contribution in [0.1, 0.15) is 212 Å². The molecule has 0 radical (unpaired) electrons. The van der Waals surface area contributed by atoms with Crippen molar-refractivity contribution in [3.05, 3.63) is 0 Å². The van der Waals surface area contributed by atoms with Gasteiger partial charge < -0.3 is 36.8 Å². The number of carbonyl (C=O) groups excluding carboxylic acids is 3. The molecular formula is C42H83N3O7. The fourth-order valence-electron chi connectivity index (χ4n) is 6.69. The Bertz CT molecular complexity index is 829. The Hall–Kier alpha value is -1.75. The topological polar surface area (TPSA) is 182 Å². The SMILES string of the molecule is C[C@@H](O)[C@@H](O)[C@H](O)[C@@H](O)C(=O)NCCCCCCCCCCCC(=O)NCCCCCCCCCCCCCCCCCCCCCCCC(N)=O. The van der Waals surface area contributed by atoms with Crippen LogP contribution in [0.25, 0.3) is 0 Å². The first-order valence-electron chi connectivity index (χ1n) is 21.7. The standard InChI is InChI=1S/C42H83N3O7/c1-36(46)39(49)40(50)41(51)42(52)45-35-31-27-23-19-15-17-21-25-29-33-38(48)44-34-30-26-22-18-14-12-10-8-6-4-2-3-5-7-9-11-13-16-20-24-28-32-37(43)47/h36,39-41,46,49-51H,2-35H2,1H3,(H2,43,47)(H,44,48)(H,45,52)/t36-,39-,40+,41-/m1/s1. The molecule has 0 heterocycles. The van der Waals surface area contributed by atoms with Crippen LogP contribution < -0.4 is 16.4 Å². The molecule has 0 bridgehead atoms. The molecular weight excluding hydrogens is 658 g/mol. The van der Waals surface area contributed by atoms with Gasteiger partial charge in [0.1, 0.15) is 12.2 Å². The molecule has 0 saturated heterocycles. The first kappa shape index (κ1) is 50.2. The first-order chi connectivity index (χ1) is 25.2. The zero-order chi connectivity index (χ0) is 38.5. The van der Waals surface area contributed by atoms with E-state index in [0.717, 1.165) is 77.2 Å². The molecule has 3 amide bonds. The van der Waals surface area contributed by atoms with Gasteiger partial charge in [-0.25, -0.2) is 0 Å². The van der Waals surface area contributed by atoms with Crippen molar-refractivity contribution in [1.82, 2.24) is 10.6 Å². The number of primary amides is 1. The lowest BCUT2D eigenvalue weighted by molar-refractivity contribution is -0.145. The maximum absolute atomic E-state index is 12.1. The molecule has 0 aromatic rings. The largest absolute Gasteiger partial charge is 0.391 e. The van der Waals surface area contributed by atoms with Crippen molar-refractivity contribution < 1.29 is 34.8 Å². The van der Waals surface area contributed by atoms with E-state index in [-0.39, 0.29) is 11.8 Å². The van der Waals surface area contributed by atoms with Crippen LogP contribution in [0.2, 0.25) is 0 Å². The van der Waals surface area contributed by atoms with Crippen molar-refractivity contribution in [3.8, 4) is 0 Å². The van der Waals surface area contributed by atoms with E-state index in [4.69, 9.17) is 5.73 Å². The van der Waals surface area contributed by atoms with Crippen LogP contribution >= 0.6 is 0 Å². The van der Waals surface area contributed by atoms with Crippen LogP contribution in [0, 0.1) is 0 Å². The predicted octanol–water partition coefficient (Wildman–Crippen LogP) is 7.65. The van der Waals surface area contributed by atoms with Gasteiger partial charge in [-0.2, -0.15) is 0 Å². The van der Waals surface area contributed by atoms with Gasteiger partial charge in [0.2, 0.25) is 11.8 Å². The lowest BCUT2D eigenvalue weighted by Crippen LogP contribution is -2.50. The number of amides is 3. The summed E-state index contributed by atoms with van der Waals surface area (Å²) in [4.78, 5) is 34.7. The van der Waals surface area contributed by atoms with Crippen molar-refractivity contribution in [1.29, 1.82) is 0 Å². The van der Waals surface area contributed by atoms with Crippen LogP contribution in [0.3, 0.4) is 0 Å². The molecule has 0 aliphatic heterocycles. The fourth-order valence-corrected chi connectivity index (χ4v) is 6.69. The Labute approximate surface area is 318 Å². The first-order valence-corrected chi connectivity index (χ1v) is 21.7. The van der Waals surface area contributed by atoms with Crippen molar-refractivity contribution in [2.75, 3.05) is 13.1 Å². The molecule has 10 heteroatoms. The smallest absolute Gasteiger partial charge is 0.251 e. The zero-order valence-electron chi connectivity index (χ0n) is 33.4. The van der Waals surface area contributed by atoms with E-state index < -0.39 is 30.3 Å². The summed E-state index contributed by atoms with van der Waals surface area (Å²) in [7, 11) is 0. The normalized spacial score (nSPS) is 13.8. The second-order valence-corrected chi connectivity index (χ2v) is 15.4. The molecule has 308 valence electrons. The molecule has 4 atom stereocenters. The van der Waals surface area contributed by atoms with Gasteiger partial charge in [-0.15, -0.1) is 0 Å². The minimum Gasteiger partial charge on any atom is -0.391 e. The molecule has 52 heavy (non-hydrogen) atoms. The third-order valence-corrected chi connectivity index (χ3v) is 10.2. The third kappa shape index (κ3) is 34.0. The van der Waals surface area contributed by atoms with Crippen molar-refractivity contribution in [3.63, 3.8) is 0 Å². The lowest BCUT2D eigenvalue weighted by Gasteiger charge is -2.24. The molecule has 0 fully saturated rings. The summed E-state index contributed by atoms with van der Waals surface area (Å²) < 4.78 is 0.